The molecule has 220 valence electrons. The zero-order valence-corrected chi connectivity index (χ0v) is 25.6. The molecule has 2 aliphatic rings. The Morgan fingerprint density at radius 2 is 1.35 bits per heavy atom. The van der Waals surface area contributed by atoms with Gasteiger partial charge in [0.1, 0.15) is 0 Å². The lowest BCUT2D eigenvalue weighted by molar-refractivity contribution is 1.13. The highest BCUT2D eigenvalue weighted by Crippen LogP contribution is 2.37. The van der Waals surface area contributed by atoms with Gasteiger partial charge in [-0.1, -0.05) is 128 Å². The summed E-state index contributed by atoms with van der Waals surface area (Å²) < 4.78 is 0. The van der Waals surface area contributed by atoms with Crippen LogP contribution in [-0.2, 0) is 0 Å². The zero-order chi connectivity index (χ0) is 31.1. The average Bonchev–Trinajstić information content (AvgIpc) is 3.38. The van der Waals surface area contributed by atoms with Gasteiger partial charge >= 0.3 is 0 Å². The lowest BCUT2D eigenvalue weighted by Gasteiger charge is -2.28. The predicted molar refractivity (Wildman–Crippen MR) is 196 cm³/mol. The van der Waals surface area contributed by atoms with Crippen LogP contribution in [0, 0.1) is 0 Å². The van der Waals surface area contributed by atoms with Crippen molar-refractivity contribution in [3.05, 3.63) is 217 Å². The van der Waals surface area contributed by atoms with Crippen molar-refractivity contribution < 1.29 is 0 Å². The van der Waals surface area contributed by atoms with Crippen LogP contribution in [0.5, 0.6) is 0 Å². The molecule has 46 heavy (non-hydrogen) atoms. The van der Waals surface area contributed by atoms with Gasteiger partial charge in [-0.25, -0.2) is 0 Å². The van der Waals surface area contributed by atoms with Crippen LogP contribution in [0.3, 0.4) is 0 Å². The van der Waals surface area contributed by atoms with Gasteiger partial charge in [0.05, 0.1) is 11.4 Å². The number of hydrogen-bond donors (Lipinski definition) is 0. The Kier molecular flexibility index (Phi) is 8.28. The van der Waals surface area contributed by atoms with Gasteiger partial charge in [-0.2, -0.15) is 0 Å². The normalized spacial score (nSPS) is 14.8. The van der Waals surface area contributed by atoms with E-state index in [9.17, 15) is 0 Å². The third-order valence-electron chi connectivity index (χ3n) is 8.30. The zero-order valence-electron chi connectivity index (χ0n) is 25.6. The summed E-state index contributed by atoms with van der Waals surface area (Å²) in [5.74, 6) is 0. The van der Waals surface area contributed by atoms with E-state index in [-0.39, 0.29) is 0 Å². The van der Waals surface area contributed by atoms with E-state index < -0.39 is 0 Å². The maximum Gasteiger partial charge on any atom is 0.0890 e. The molecule has 2 heteroatoms. The van der Waals surface area contributed by atoms with Crippen LogP contribution in [0.15, 0.2) is 211 Å². The molecule has 0 aromatic heterocycles. The molecule has 0 bridgehead atoms. The van der Waals surface area contributed by atoms with Gasteiger partial charge < -0.3 is 9.80 Å². The number of nitrogens with zero attached hydrogens (tertiary/aromatic N) is 2. The minimum absolute atomic E-state index is 0.872. The van der Waals surface area contributed by atoms with Crippen molar-refractivity contribution in [2.75, 3.05) is 9.80 Å². The van der Waals surface area contributed by atoms with Crippen molar-refractivity contribution in [2.45, 2.75) is 6.42 Å². The van der Waals surface area contributed by atoms with Crippen molar-refractivity contribution in [3.63, 3.8) is 0 Å². The number of anilines is 4. The second-order valence-electron chi connectivity index (χ2n) is 11.1. The summed E-state index contributed by atoms with van der Waals surface area (Å²) in [7, 11) is 0. The summed E-state index contributed by atoms with van der Waals surface area (Å²) in [6, 6.07) is 44.8. The van der Waals surface area contributed by atoms with Crippen LogP contribution in [0.4, 0.5) is 22.7 Å². The summed E-state index contributed by atoms with van der Waals surface area (Å²) in [5, 5.41) is 2.40. The number of para-hydroxylation sites is 2. The van der Waals surface area contributed by atoms with E-state index in [1.54, 1.807) is 0 Å². The van der Waals surface area contributed by atoms with Crippen molar-refractivity contribution in [1.82, 2.24) is 0 Å². The molecule has 2 aliphatic carbocycles. The van der Waals surface area contributed by atoms with Crippen molar-refractivity contribution in [1.29, 1.82) is 0 Å². The highest BCUT2D eigenvalue weighted by molar-refractivity contribution is 5.97. The summed E-state index contributed by atoms with van der Waals surface area (Å²) in [5.41, 5.74) is 13.5. The van der Waals surface area contributed by atoms with Crippen molar-refractivity contribution >= 4 is 39.1 Å². The topological polar surface area (TPSA) is 6.48 Å². The van der Waals surface area contributed by atoms with E-state index in [4.69, 9.17) is 0 Å². The van der Waals surface area contributed by atoms with Crippen molar-refractivity contribution in [2.24, 2.45) is 0 Å². The third kappa shape index (κ3) is 5.86. The van der Waals surface area contributed by atoms with E-state index in [0.29, 0.717) is 0 Å². The Labute approximate surface area is 271 Å². The highest BCUT2D eigenvalue weighted by Gasteiger charge is 2.18. The van der Waals surface area contributed by atoms with Gasteiger partial charge in [0, 0.05) is 28.1 Å². The van der Waals surface area contributed by atoms with Gasteiger partial charge in [0.2, 0.25) is 0 Å². The quantitative estimate of drug-likeness (QED) is 0.166. The third-order valence-corrected chi connectivity index (χ3v) is 8.30. The first-order valence-corrected chi connectivity index (χ1v) is 15.6. The second kappa shape index (κ2) is 13.3. The lowest BCUT2D eigenvalue weighted by atomic mass is 10.0. The number of fused-ring (bicyclic) bond motifs is 1. The Balaban J connectivity index is 1.22. The summed E-state index contributed by atoms with van der Waals surface area (Å²) >= 11 is 0. The van der Waals surface area contributed by atoms with E-state index in [1.807, 2.05) is 12.2 Å². The van der Waals surface area contributed by atoms with Crippen LogP contribution in [0.2, 0.25) is 0 Å². The summed E-state index contributed by atoms with van der Waals surface area (Å²) in [4.78, 5) is 4.57. The van der Waals surface area contributed by atoms with Crippen LogP contribution in [0.1, 0.15) is 12.0 Å². The summed E-state index contributed by atoms with van der Waals surface area (Å²) in [6.45, 7) is 4.20. The van der Waals surface area contributed by atoms with Gasteiger partial charge in [-0.05, 0) is 95.3 Å². The first-order valence-electron chi connectivity index (χ1n) is 15.6. The SMILES string of the molecule is C=C/C(=C1/C=CC=CC1)N(c1ccccc1)c1ccc(C2=CC=C=C(N(c3ccccc3)c3cccc4ccccc34)C=C2)cc1. The van der Waals surface area contributed by atoms with E-state index in [0.717, 1.165) is 51.7 Å². The second-order valence-corrected chi connectivity index (χ2v) is 11.1. The molecule has 0 radical (unpaired) electrons. The smallest absolute Gasteiger partial charge is 0.0890 e. The van der Waals surface area contributed by atoms with Crippen LogP contribution >= 0.6 is 0 Å². The van der Waals surface area contributed by atoms with Gasteiger partial charge in [0.15, 0.2) is 0 Å². The molecule has 0 saturated carbocycles. The highest BCUT2D eigenvalue weighted by atomic mass is 15.2. The Morgan fingerprint density at radius 1 is 0.652 bits per heavy atom. The van der Waals surface area contributed by atoms with Gasteiger partial charge in [0.25, 0.3) is 0 Å². The molecule has 7 rings (SSSR count). The van der Waals surface area contributed by atoms with Crippen LogP contribution in [-0.4, -0.2) is 0 Å². The lowest BCUT2D eigenvalue weighted by Crippen LogP contribution is -2.17. The summed E-state index contributed by atoms with van der Waals surface area (Å²) in [6.07, 6.45) is 19.9. The first kappa shape index (κ1) is 28.7. The number of rotatable bonds is 8. The minimum atomic E-state index is 0.872. The van der Waals surface area contributed by atoms with Crippen molar-refractivity contribution in [3.8, 4) is 0 Å². The molecule has 0 spiro atoms. The molecule has 0 heterocycles. The maximum atomic E-state index is 4.20. The number of benzene rings is 5. The minimum Gasteiger partial charge on any atom is -0.310 e. The van der Waals surface area contributed by atoms with E-state index in [2.05, 4.69) is 192 Å². The molecule has 0 amide bonds. The molecule has 5 aromatic rings. The largest absolute Gasteiger partial charge is 0.310 e. The molecule has 0 saturated heterocycles. The molecular weight excluding hydrogens is 556 g/mol. The first-order chi connectivity index (χ1) is 22.8. The molecule has 0 aliphatic heterocycles. The van der Waals surface area contributed by atoms with Gasteiger partial charge in [-0.3, -0.25) is 0 Å². The van der Waals surface area contributed by atoms with E-state index >= 15 is 0 Å². The van der Waals surface area contributed by atoms with Gasteiger partial charge in [-0.15, -0.1) is 0 Å². The average molecular weight is 591 g/mol. The number of hydrogen-bond acceptors (Lipinski definition) is 2. The molecule has 2 nitrogen and oxygen atoms in total. The fraction of sp³-hybridized carbons (Fsp3) is 0.0227. The standard InChI is InChI=1S/C44H34N2/c1-2-43(37-17-6-3-7-18-37)45(38-21-8-4-9-22-38)41-32-29-35(30-33-41)34-19-14-25-40(31-28-34)46(39-23-10-5-11-24-39)44-27-15-20-36-16-12-13-26-42(36)44/h2-17,19-24,26-33H,1,18H2/b43-37+. The monoisotopic (exact) mass is 590 g/mol. The molecular formula is C44H34N2. The molecule has 0 unspecified atom stereocenters. The fourth-order valence-corrected chi connectivity index (χ4v) is 6.09. The van der Waals surface area contributed by atoms with Crippen LogP contribution < -0.4 is 9.80 Å². The Morgan fingerprint density at radius 3 is 2.09 bits per heavy atom. The Hall–Kier alpha value is -6.08. The number of allylic oxidation sites excluding steroid dienone is 10. The fourth-order valence-electron chi connectivity index (χ4n) is 6.09. The predicted octanol–water partition coefficient (Wildman–Crippen LogP) is 11.8. The molecule has 0 N–H and O–H groups in total. The molecule has 0 fully saturated rings. The maximum absolute atomic E-state index is 4.20. The Bertz CT molecular complexity index is 2090. The van der Waals surface area contributed by atoms with E-state index in [1.165, 1.54) is 16.3 Å². The van der Waals surface area contributed by atoms with Crippen LogP contribution in [0.25, 0.3) is 16.3 Å². The molecule has 0 atom stereocenters. The molecule has 5 aromatic carbocycles.